The molecule has 0 radical (unpaired) electrons. The summed E-state index contributed by atoms with van der Waals surface area (Å²) >= 11 is 0. The van der Waals surface area contributed by atoms with Gasteiger partial charge in [-0.15, -0.1) is 0 Å². The van der Waals surface area contributed by atoms with Crippen LogP contribution in [0.1, 0.15) is 23.2 Å². The van der Waals surface area contributed by atoms with Gasteiger partial charge in [-0.05, 0) is 41.3 Å². The van der Waals surface area contributed by atoms with Crippen molar-refractivity contribution in [2.24, 2.45) is 0 Å². The van der Waals surface area contributed by atoms with Crippen molar-refractivity contribution in [3.8, 4) is 17.1 Å². The van der Waals surface area contributed by atoms with Gasteiger partial charge in [0.15, 0.2) is 0 Å². The predicted molar refractivity (Wildman–Crippen MR) is 108 cm³/mol. The number of fused-ring (bicyclic) bond motifs is 1. The Hall–Kier alpha value is -2.85. The molecule has 1 aromatic heterocycles. The van der Waals surface area contributed by atoms with Crippen LogP contribution < -0.4 is 4.74 Å². The van der Waals surface area contributed by atoms with Gasteiger partial charge >= 0.3 is 0 Å². The molecule has 2 aromatic carbocycles. The second kappa shape index (κ2) is 7.05. The minimum absolute atomic E-state index is 0.787. The number of rotatable bonds is 4. The van der Waals surface area contributed by atoms with Gasteiger partial charge in [-0.1, -0.05) is 36.4 Å². The molecule has 4 heteroatoms. The van der Waals surface area contributed by atoms with E-state index < -0.39 is 0 Å². The number of H-pyrrole nitrogens is 1. The topological polar surface area (TPSA) is 41.2 Å². The maximum Gasteiger partial charge on any atom is 0.137 e. The highest BCUT2D eigenvalue weighted by molar-refractivity contribution is 5.66. The number of nitrogens with zero attached hydrogens (tertiary/aromatic N) is 2. The Labute approximate surface area is 159 Å². The number of hydrogen-bond donors (Lipinski definition) is 1. The van der Waals surface area contributed by atoms with E-state index in [1.165, 1.54) is 22.4 Å². The van der Waals surface area contributed by atoms with Crippen molar-refractivity contribution in [1.82, 2.24) is 14.9 Å². The van der Waals surface area contributed by atoms with Crippen molar-refractivity contribution in [2.75, 3.05) is 19.7 Å². The van der Waals surface area contributed by atoms with E-state index in [1.807, 2.05) is 6.20 Å². The minimum Gasteiger partial charge on any atom is -0.493 e. The lowest BCUT2D eigenvalue weighted by Crippen LogP contribution is -2.28. The van der Waals surface area contributed by atoms with Crippen LogP contribution in [0.3, 0.4) is 0 Å². The van der Waals surface area contributed by atoms with Crippen molar-refractivity contribution in [3.05, 3.63) is 77.6 Å². The summed E-state index contributed by atoms with van der Waals surface area (Å²) in [6.45, 7) is 3.75. The lowest BCUT2D eigenvalue weighted by Gasteiger charge is -2.25. The largest absolute Gasteiger partial charge is 0.493 e. The molecule has 5 rings (SSSR count). The molecule has 3 heterocycles. The molecule has 2 aliphatic heterocycles. The van der Waals surface area contributed by atoms with Gasteiger partial charge in [-0.3, -0.25) is 4.90 Å². The summed E-state index contributed by atoms with van der Waals surface area (Å²) in [5.41, 5.74) is 6.38. The number of hydrogen-bond acceptors (Lipinski definition) is 3. The molecule has 0 spiro atoms. The molecule has 2 aliphatic rings. The van der Waals surface area contributed by atoms with Crippen LogP contribution in [0, 0.1) is 0 Å². The Bertz CT molecular complexity index is 974. The minimum atomic E-state index is 0.787. The van der Waals surface area contributed by atoms with Crippen molar-refractivity contribution in [3.63, 3.8) is 0 Å². The normalized spacial score (nSPS) is 16.7. The van der Waals surface area contributed by atoms with Crippen molar-refractivity contribution >= 4 is 5.57 Å². The Morgan fingerprint density at radius 1 is 1.04 bits per heavy atom. The van der Waals surface area contributed by atoms with E-state index in [2.05, 4.69) is 69.5 Å². The Morgan fingerprint density at radius 3 is 2.81 bits per heavy atom. The average molecular weight is 357 g/mol. The Morgan fingerprint density at radius 2 is 1.96 bits per heavy atom. The zero-order valence-corrected chi connectivity index (χ0v) is 15.3. The van der Waals surface area contributed by atoms with Gasteiger partial charge in [0, 0.05) is 43.5 Å². The molecule has 0 amide bonds. The zero-order chi connectivity index (χ0) is 18.1. The lowest BCUT2D eigenvalue weighted by atomic mass is 9.99. The number of ether oxygens (including phenoxy) is 1. The number of imidazole rings is 1. The number of aromatic amines is 1. The quantitative estimate of drug-likeness (QED) is 0.757. The molecule has 136 valence electrons. The molecule has 0 saturated heterocycles. The van der Waals surface area contributed by atoms with Crippen LogP contribution in [0.2, 0.25) is 0 Å². The van der Waals surface area contributed by atoms with Crippen LogP contribution in [-0.4, -0.2) is 34.6 Å². The highest BCUT2D eigenvalue weighted by Gasteiger charge is 2.16. The maximum atomic E-state index is 5.59. The lowest BCUT2D eigenvalue weighted by molar-refractivity contribution is 0.291. The zero-order valence-electron chi connectivity index (χ0n) is 15.3. The van der Waals surface area contributed by atoms with Crippen LogP contribution in [-0.2, 0) is 13.0 Å². The third kappa shape index (κ3) is 3.40. The van der Waals surface area contributed by atoms with E-state index >= 15 is 0 Å². The van der Waals surface area contributed by atoms with Gasteiger partial charge < -0.3 is 9.72 Å². The van der Waals surface area contributed by atoms with E-state index in [-0.39, 0.29) is 0 Å². The third-order valence-corrected chi connectivity index (χ3v) is 5.42. The number of benzene rings is 2. The molecular formula is C23H23N3O. The molecule has 0 aliphatic carbocycles. The molecule has 0 fully saturated rings. The second-order valence-corrected chi connectivity index (χ2v) is 7.26. The molecule has 1 N–H and O–H groups in total. The number of nitrogens with one attached hydrogen (secondary N) is 1. The maximum absolute atomic E-state index is 5.59. The molecular weight excluding hydrogens is 334 g/mol. The highest BCUT2D eigenvalue weighted by Crippen LogP contribution is 2.29. The first-order chi connectivity index (χ1) is 13.3. The van der Waals surface area contributed by atoms with Crippen LogP contribution in [0.5, 0.6) is 5.75 Å². The molecule has 0 bridgehead atoms. The monoisotopic (exact) mass is 357 g/mol. The van der Waals surface area contributed by atoms with Gasteiger partial charge in [-0.2, -0.15) is 0 Å². The second-order valence-electron chi connectivity index (χ2n) is 7.26. The van der Waals surface area contributed by atoms with Gasteiger partial charge in [0.1, 0.15) is 11.6 Å². The summed E-state index contributed by atoms with van der Waals surface area (Å²) in [5, 5.41) is 0. The van der Waals surface area contributed by atoms with Gasteiger partial charge in [-0.25, -0.2) is 4.98 Å². The van der Waals surface area contributed by atoms with E-state index in [4.69, 9.17) is 4.74 Å². The average Bonchev–Trinajstić information content (AvgIpc) is 3.38. The summed E-state index contributed by atoms with van der Waals surface area (Å²) in [4.78, 5) is 10.6. The third-order valence-electron chi connectivity index (χ3n) is 5.42. The van der Waals surface area contributed by atoms with Crippen molar-refractivity contribution in [2.45, 2.75) is 19.4 Å². The van der Waals surface area contributed by atoms with Crippen LogP contribution in [0.25, 0.3) is 17.0 Å². The Balaban J connectivity index is 1.26. The molecule has 27 heavy (non-hydrogen) atoms. The Kier molecular flexibility index (Phi) is 4.26. The summed E-state index contributed by atoms with van der Waals surface area (Å²) in [7, 11) is 0. The van der Waals surface area contributed by atoms with Gasteiger partial charge in [0.05, 0.1) is 6.61 Å². The molecule has 3 aromatic rings. The van der Waals surface area contributed by atoms with E-state index in [9.17, 15) is 0 Å². The summed E-state index contributed by atoms with van der Waals surface area (Å²) in [6.07, 6.45) is 6.41. The standard InChI is InChI=1S/C23H23N3O/c1-2-4-17(5-3-1)18-8-11-26(12-9-18)16-21-15-24-23(25-21)20-6-7-22-19(14-20)10-13-27-22/h1-8,14-15H,9-13,16H2,(H,24,25). The summed E-state index contributed by atoms with van der Waals surface area (Å²) in [6, 6.07) is 17.0. The summed E-state index contributed by atoms with van der Waals surface area (Å²) < 4.78 is 5.59. The fourth-order valence-electron chi connectivity index (χ4n) is 3.93. The molecule has 4 nitrogen and oxygen atoms in total. The molecule has 0 unspecified atom stereocenters. The SMILES string of the molecule is C1=C(c2ccccc2)CCN(Cc2cnc(-c3ccc4c(c3)CCO4)[nH]2)C1. The first-order valence-corrected chi connectivity index (χ1v) is 9.62. The fraction of sp³-hybridized carbons (Fsp3) is 0.261. The fourth-order valence-corrected chi connectivity index (χ4v) is 3.93. The van der Waals surface area contributed by atoms with E-state index in [1.54, 1.807) is 0 Å². The van der Waals surface area contributed by atoms with Crippen molar-refractivity contribution in [1.29, 1.82) is 0 Å². The first kappa shape index (κ1) is 16.3. The molecule has 0 saturated carbocycles. The van der Waals surface area contributed by atoms with Crippen LogP contribution >= 0.6 is 0 Å². The number of aromatic nitrogens is 2. The van der Waals surface area contributed by atoms with Crippen molar-refractivity contribution < 1.29 is 4.74 Å². The summed E-state index contributed by atoms with van der Waals surface area (Å²) in [5.74, 6) is 1.96. The van der Waals surface area contributed by atoms with E-state index in [0.717, 1.165) is 56.2 Å². The smallest absolute Gasteiger partial charge is 0.137 e. The predicted octanol–water partition coefficient (Wildman–Crippen LogP) is 4.30. The van der Waals surface area contributed by atoms with Crippen LogP contribution in [0.4, 0.5) is 0 Å². The van der Waals surface area contributed by atoms with E-state index in [0.29, 0.717) is 0 Å². The van der Waals surface area contributed by atoms with Crippen LogP contribution in [0.15, 0.2) is 60.8 Å². The van der Waals surface area contributed by atoms with Gasteiger partial charge in [0.2, 0.25) is 0 Å². The highest BCUT2D eigenvalue weighted by atomic mass is 16.5. The van der Waals surface area contributed by atoms with Gasteiger partial charge in [0.25, 0.3) is 0 Å². The first-order valence-electron chi connectivity index (χ1n) is 9.62. The molecule has 0 atom stereocenters.